The summed E-state index contributed by atoms with van der Waals surface area (Å²) in [6, 6.07) is 19.0. The molecule has 1 N–H and O–H groups in total. The second-order valence-corrected chi connectivity index (χ2v) is 8.12. The third-order valence-corrected chi connectivity index (χ3v) is 6.05. The maximum atomic E-state index is 12.2. The van der Waals surface area contributed by atoms with Gasteiger partial charge in [0.15, 0.2) is 0 Å². The van der Waals surface area contributed by atoms with Gasteiger partial charge in [-0.15, -0.1) is 23.1 Å². The zero-order chi connectivity index (χ0) is 17.6. The van der Waals surface area contributed by atoms with E-state index in [9.17, 15) is 4.79 Å². The summed E-state index contributed by atoms with van der Waals surface area (Å²) in [7, 11) is 4.08. The normalized spacial score (nSPS) is 12.4. The van der Waals surface area contributed by atoms with Crippen molar-refractivity contribution in [2.75, 3.05) is 26.4 Å². The number of carbonyl (C=O) groups is 1. The van der Waals surface area contributed by atoms with E-state index in [0.29, 0.717) is 12.3 Å². The minimum absolute atomic E-state index is 0.0709. The van der Waals surface area contributed by atoms with Crippen LogP contribution in [0.1, 0.15) is 10.9 Å². The molecule has 0 unspecified atom stereocenters. The first-order valence-corrected chi connectivity index (χ1v) is 10.1. The second-order valence-electron chi connectivity index (χ2n) is 6.10. The van der Waals surface area contributed by atoms with Gasteiger partial charge in [0.2, 0.25) is 5.91 Å². The van der Waals surface area contributed by atoms with Crippen molar-refractivity contribution in [1.29, 1.82) is 0 Å². The Balaban J connectivity index is 1.53. The number of thioether (sulfide) groups is 1. The highest BCUT2D eigenvalue weighted by Gasteiger charge is 2.16. The van der Waals surface area contributed by atoms with Gasteiger partial charge in [-0.1, -0.05) is 36.4 Å². The molecular formula is C20H22N2OS2. The lowest BCUT2D eigenvalue weighted by Crippen LogP contribution is -2.35. The van der Waals surface area contributed by atoms with Gasteiger partial charge in [0.05, 0.1) is 11.8 Å². The van der Waals surface area contributed by atoms with Crippen molar-refractivity contribution in [2.45, 2.75) is 10.9 Å². The van der Waals surface area contributed by atoms with E-state index in [1.165, 1.54) is 15.6 Å². The molecule has 3 rings (SSSR count). The summed E-state index contributed by atoms with van der Waals surface area (Å²) in [5, 5.41) is 7.57. The van der Waals surface area contributed by atoms with Gasteiger partial charge in [-0.25, -0.2) is 0 Å². The molecule has 25 heavy (non-hydrogen) atoms. The van der Waals surface area contributed by atoms with Gasteiger partial charge in [-0.3, -0.25) is 4.79 Å². The van der Waals surface area contributed by atoms with Gasteiger partial charge in [0.1, 0.15) is 0 Å². The highest BCUT2D eigenvalue weighted by molar-refractivity contribution is 8.00. The third-order valence-electron chi connectivity index (χ3n) is 4.08. The van der Waals surface area contributed by atoms with Crippen LogP contribution >= 0.6 is 23.1 Å². The zero-order valence-electron chi connectivity index (χ0n) is 14.4. The molecule has 2 aromatic carbocycles. The zero-order valence-corrected chi connectivity index (χ0v) is 16.1. The van der Waals surface area contributed by atoms with Crippen molar-refractivity contribution in [3.63, 3.8) is 0 Å². The van der Waals surface area contributed by atoms with Gasteiger partial charge in [0.25, 0.3) is 0 Å². The molecule has 0 fully saturated rings. The smallest absolute Gasteiger partial charge is 0.230 e. The molecule has 1 amide bonds. The molecule has 0 radical (unpaired) electrons. The van der Waals surface area contributed by atoms with Crippen molar-refractivity contribution in [1.82, 2.24) is 10.2 Å². The van der Waals surface area contributed by atoms with Crippen molar-refractivity contribution < 1.29 is 4.79 Å². The van der Waals surface area contributed by atoms with E-state index >= 15 is 0 Å². The van der Waals surface area contributed by atoms with Gasteiger partial charge in [-0.05, 0) is 48.4 Å². The largest absolute Gasteiger partial charge is 0.353 e. The van der Waals surface area contributed by atoms with E-state index in [0.717, 1.165) is 4.90 Å². The number of thiophene rings is 1. The minimum Gasteiger partial charge on any atom is -0.353 e. The number of benzene rings is 2. The fourth-order valence-electron chi connectivity index (χ4n) is 2.69. The first-order valence-electron chi connectivity index (χ1n) is 8.21. The van der Waals surface area contributed by atoms with Crippen LogP contribution < -0.4 is 5.32 Å². The molecule has 1 atom stereocenters. The van der Waals surface area contributed by atoms with Crippen molar-refractivity contribution in [2.24, 2.45) is 0 Å². The van der Waals surface area contributed by atoms with Gasteiger partial charge in [-0.2, -0.15) is 0 Å². The molecule has 3 nitrogen and oxygen atoms in total. The molecule has 0 spiro atoms. The molecule has 5 heteroatoms. The van der Waals surface area contributed by atoms with Crippen LogP contribution in [0, 0.1) is 0 Å². The Labute approximate surface area is 157 Å². The lowest BCUT2D eigenvalue weighted by atomic mass is 10.1. The number of carbonyl (C=O) groups excluding carboxylic acids is 1. The lowest BCUT2D eigenvalue weighted by molar-refractivity contribution is -0.118. The molecule has 1 aromatic heterocycles. The van der Waals surface area contributed by atoms with Gasteiger partial charge in [0, 0.05) is 16.3 Å². The van der Waals surface area contributed by atoms with E-state index in [1.807, 2.05) is 32.3 Å². The highest BCUT2D eigenvalue weighted by Crippen LogP contribution is 2.24. The molecule has 0 saturated carbocycles. The number of nitrogens with one attached hydrogen (secondary N) is 1. The summed E-state index contributed by atoms with van der Waals surface area (Å²) in [6.07, 6.45) is 0. The summed E-state index contributed by atoms with van der Waals surface area (Å²) in [5.41, 5.74) is 0. The molecule has 1 heterocycles. The number of fused-ring (bicyclic) bond motifs is 1. The fraction of sp³-hybridized carbons (Fsp3) is 0.250. The van der Waals surface area contributed by atoms with E-state index in [2.05, 4.69) is 52.0 Å². The molecule has 0 saturated heterocycles. The Bertz CT molecular complexity index is 831. The van der Waals surface area contributed by atoms with E-state index in [-0.39, 0.29) is 11.9 Å². The van der Waals surface area contributed by atoms with E-state index in [1.54, 1.807) is 23.1 Å². The molecule has 130 valence electrons. The molecule has 0 aliphatic heterocycles. The SMILES string of the molecule is CN(C)[C@H](CNC(=O)CSc1ccc2ccccc2c1)c1cccs1. The number of rotatable bonds is 7. The minimum atomic E-state index is 0.0709. The second kappa shape index (κ2) is 8.52. The van der Waals surface area contributed by atoms with Crippen LogP contribution in [-0.2, 0) is 4.79 Å². The summed E-state index contributed by atoms with van der Waals surface area (Å²) >= 11 is 3.30. The van der Waals surface area contributed by atoms with Crippen LogP contribution in [0.2, 0.25) is 0 Å². The Morgan fingerprint density at radius 2 is 1.92 bits per heavy atom. The van der Waals surface area contributed by atoms with E-state index in [4.69, 9.17) is 0 Å². The number of amides is 1. The Hall–Kier alpha value is -1.82. The van der Waals surface area contributed by atoms with Crippen molar-refractivity contribution in [3.05, 3.63) is 64.9 Å². The fourth-order valence-corrected chi connectivity index (χ4v) is 4.38. The molecule has 0 aliphatic carbocycles. The number of hydrogen-bond acceptors (Lipinski definition) is 4. The predicted molar refractivity (Wildman–Crippen MR) is 108 cm³/mol. The first-order chi connectivity index (χ1) is 12.1. The summed E-state index contributed by atoms with van der Waals surface area (Å²) < 4.78 is 0. The van der Waals surface area contributed by atoms with Gasteiger partial charge < -0.3 is 10.2 Å². The van der Waals surface area contributed by atoms with Crippen LogP contribution in [0.5, 0.6) is 0 Å². The summed E-state index contributed by atoms with van der Waals surface area (Å²) in [5.74, 6) is 0.504. The third kappa shape index (κ3) is 4.84. The molecule has 3 aromatic rings. The predicted octanol–water partition coefficient (Wildman–Crippen LogP) is 4.41. The van der Waals surface area contributed by atoms with Crippen molar-refractivity contribution in [3.8, 4) is 0 Å². The van der Waals surface area contributed by atoms with Gasteiger partial charge >= 0.3 is 0 Å². The number of nitrogens with zero attached hydrogens (tertiary/aromatic N) is 1. The topological polar surface area (TPSA) is 32.3 Å². The van der Waals surface area contributed by atoms with E-state index < -0.39 is 0 Å². The van der Waals surface area contributed by atoms with Crippen molar-refractivity contribution >= 4 is 39.8 Å². The average Bonchev–Trinajstić information content (AvgIpc) is 3.14. The molecule has 0 aliphatic rings. The van der Waals surface area contributed by atoms with Crippen LogP contribution in [0.4, 0.5) is 0 Å². The molecular weight excluding hydrogens is 348 g/mol. The summed E-state index contributed by atoms with van der Waals surface area (Å²) in [4.78, 5) is 16.8. The average molecular weight is 371 g/mol. The Morgan fingerprint density at radius 3 is 2.64 bits per heavy atom. The number of hydrogen-bond donors (Lipinski definition) is 1. The quantitative estimate of drug-likeness (QED) is 0.625. The van der Waals surface area contributed by atoms with Crippen LogP contribution in [0.3, 0.4) is 0 Å². The van der Waals surface area contributed by atoms with Crippen LogP contribution in [0.25, 0.3) is 10.8 Å². The highest BCUT2D eigenvalue weighted by atomic mass is 32.2. The summed E-state index contributed by atoms with van der Waals surface area (Å²) in [6.45, 7) is 0.630. The molecule has 0 bridgehead atoms. The van der Waals surface area contributed by atoms with Crippen LogP contribution in [0.15, 0.2) is 64.9 Å². The van der Waals surface area contributed by atoms with Crippen LogP contribution in [-0.4, -0.2) is 37.2 Å². The lowest BCUT2D eigenvalue weighted by Gasteiger charge is -2.23. The maximum Gasteiger partial charge on any atom is 0.230 e. The Kier molecular flexibility index (Phi) is 6.13. The standard InChI is InChI=1S/C20H22N2OS2/c1-22(2)18(19-8-5-11-24-19)13-21-20(23)14-25-17-10-9-15-6-3-4-7-16(15)12-17/h3-12,18H,13-14H2,1-2H3,(H,21,23)/t18-/m1/s1. The maximum absolute atomic E-state index is 12.2. The monoisotopic (exact) mass is 370 g/mol. The first kappa shape index (κ1) is 18.0. The number of likely N-dealkylation sites (N-methyl/N-ethyl adjacent to an activating group) is 1. The Morgan fingerprint density at radius 1 is 1.12 bits per heavy atom.